The van der Waals surface area contributed by atoms with Crippen LogP contribution in [-0.2, 0) is 6.42 Å². The number of halogens is 2. The molecular weight excluding hydrogens is 428 g/mol. The molecule has 0 unspecified atom stereocenters. The van der Waals surface area contributed by atoms with Gasteiger partial charge in [-0.05, 0) is 62.5 Å². The van der Waals surface area contributed by atoms with Crippen LogP contribution in [-0.4, -0.2) is 25.4 Å². The van der Waals surface area contributed by atoms with Crippen LogP contribution in [0.3, 0.4) is 0 Å². The van der Waals surface area contributed by atoms with E-state index in [4.69, 9.17) is 0 Å². The molecule has 0 spiro atoms. The van der Waals surface area contributed by atoms with E-state index in [2.05, 4.69) is 36.8 Å². The molecule has 0 radical (unpaired) electrons. The van der Waals surface area contributed by atoms with Crippen molar-refractivity contribution >= 4 is 43.3 Å². The van der Waals surface area contributed by atoms with Crippen LogP contribution < -0.4 is 0 Å². The average molecular weight is 440 g/mol. The minimum Gasteiger partial charge on any atom is -0.506 e. The monoisotopic (exact) mass is 438 g/mol. The van der Waals surface area contributed by atoms with E-state index in [1.54, 1.807) is 22.6 Å². The molecule has 0 aliphatic rings. The molecule has 23 heavy (non-hydrogen) atoms. The van der Waals surface area contributed by atoms with Crippen LogP contribution in [0.5, 0.6) is 11.5 Å². The fourth-order valence-electron chi connectivity index (χ4n) is 2.40. The molecule has 5 nitrogen and oxygen atoms in total. The Labute approximate surface area is 148 Å². The number of pyridine rings is 1. The molecule has 3 rings (SSSR count). The Bertz CT molecular complexity index is 911. The third-order valence-electron chi connectivity index (χ3n) is 3.50. The molecule has 0 aliphatic carbocycles. The number of nitrogens with zero attached hydrogens (tertiary/aromatic N) is 2. The Morgan fingerprint density at radius 3 is 2.48 bits per heavy atom. The van der Waals surface area contributed by atoms with Gasteiger partial charge in [0.2, 0.25) is 5.78 Å². The predicted molar refractivity (Wildman–Crippen MR) is 93.2 cm³/mol. The first-order valence-corrected chi connectivity index (χ1v) is 8.43. The molecule has 2 N–H and O–H groups in total. The fraction of sp³-hybridized carbons (Fsp3) is 0.125. The summed E-state index contributed by atoms with van der Waals surface area (Å²) in [5, 5.41) is 19.5. The Morgan fingerprint density at radius 1 is 1.22 bits per heavy atom. The van der Waals surface area contributed by atoms with Gasteiger partial charge < -0.3 is 10.2 Å². The number of benzene rings is 1. The minimum atomic E-state index is -0.235. The first-order valence-electron chi connectivity index (χ1n) is 6.85. The van der Waals surface area contributed by atoms with E-state index < -0.39 is 0 Å². The molecule has 1 aromatic carbocycles. The summed E-state index contributed by atoms with van der Waals surface area (Å²) in [6, 6.07) is 6.31. The second kappa shape index (κ2) is 5.98. The Hall–Kier alpha value is -1.86. The molecule has 3 aromatic rings. The SMILES string of the molecule is CCc1nc2ccc(O)cn2c1C(=O)c1cc(Br)c(O)c(Br)c1. The normalized spacial score (nSPS) is 11.1. The van der Waals surface area contributed by atoms with Gasteiger partial charge >= 0.3 is 0 Å². The average Bonchev–Trinajstić information content (AvgIpc) is 2.89. The standard InChI is InChI=1S/C16H12Br2N2O3/c1-2-12-14(20-7-9(21)3-4-13(20)19-12)15(22)8-5-10(17)16(23)11(18)6-8/h3-7,21,23H,2H2,1H3. The van der Waals surface area contributed by atoms with Crippen molar-refractivity contribution in [3.05, 3.63) is 56.4 Å². The zero-order valence-corrected chi connectivity index (χ0v) is 15.2. The summed E-state index contributed by atoms with van der Waals surface area (Å²) < 4.78 is 2.43. The van der Waals surface area contributed by atoms with Gasteiger partial charge in [0.05, 0.1) is 20.8 Å². The second-order valence-corrected chi connectivity index (χ2v) is 6.70. The summed E-state index contributed by atoms with van der Waals surface area (Å²) in [4.78, 5) is 17.4. The molecule has 0 saturated heterocycles. The fourth-order valence-corrected chi connectivity index (χ4v) is 3.59. The van der Waals surface area contributed by atoms with Crippen LogP contribution in [0.15, 0.2) is 39.4 Å². The number of carbonyl (C=O) groups is 1. The zero-order chi connectivity index (χ0) is 16.7. The lowest BCUT2D eigenvalue weighted by molar-refractivity contribution is 0.103. The molecule has 2 heterocycles. The molecule has 118 valence electrons. The van der Waals surface area contributed by atoms with Crippen molar-refractivity contribution in [2.45, 2.75) is 13.3 Å². The van der Waals surface area contributed by atoms with E-state index >= 15 is 0 Å². The number of aryl methyl sites for hydroxylation is 1. The second-order valence-electron chi connectivity index (χ2n) is 4.99. The van der Waals surface area contributed by atoms with Crippen molar-refractivity contribution in [1.82, 2.24) is 9.38 Å². The summed E-state index contributed by atoms with van der Waals surface area (Å²) in [7, 11) is 0. The van der Waals surface area contributed by atoms with E-state index in [1.807, 2.05) is 6.92 Å². The summed E-state index contributed by atoms with van der Waals surface area (Å²) >= 11 is 6.46. The number of carbonyl (C=O) groups excluding carboxylic acids is 1. The van der Waals surface area contributed by atoms with Crippen LogP contribution >= 0.6 is 31.9 Å². The first kappa shape index (κ1) is 16.0. The number of aromatic hydroxyl groups is 2. The minimum absolute atomic E-state index is 0.0352. The summed E-state index contributed by atoms with van der Waals surface area (Å²) in [5.74, 6) is -0.144. The van der Waals surface area contributed by atoms with Gasteiger partial charge in [-0.3, -0.25) is 9.20 Å². The van der Waals surface area contributed by atoms with E-state index in [0.717, 1.165) is 0 Å². The molecule has 0 atom stereocenters. The maximum atomic E-state index is 13.0. The van der Waals surface area contributed by atoms with Gasteiger partial charge in [-0.25, -0.2) is 4.98 Å². The lowest BCUT2D eigenvalue weighted by Crippen LogP contribution is -2.08. The molecule has 0 aliphatic heterocycles. The van der Waals surface area contributed by atoms with Gasteiger partial charge in [-0.1, -0.05) is 6.92 Å². The Morgan fingerprint density at radius 2 is 1.87 bits per heavy atom. The van der Waals surface area contributed by atoms with E-state index in [0.29, 0.717) is 38.0 Å². The highest BCUT2D eigenvalue weighted by Crippen LogP contribution is 2.34. The van der Waals surface area contributed by atoms with Crippen molar-refractivity contribution < 1.29 is 15.0 Å². The first-order chi connectivity index (χ1) is 10.9. The maximum Gasteiger partial charge on any atom is 0.211 e. The smallest absolute Gasteiger partial charge is 0.211 e. The van der Waals surface area contributed by atoms with Crippen LogP contribution in [0.2, 0.25) is 0 Å². The molecule has 0 saturated carbocycles. The number of rotatable bonds is 3. The number of hydrogen-bond acceptors (Lipinski definition) is 4. The van der Waals surface area contributed by atoms with Gasteiger partial charge in [0.1, 0.15) is 22.8 Å². The number of imidazole rings is 1. The largest absolute Gasteiger partial charge is 0.506 e. The van der Waals surface area contributed by atoms with Crippen molar-refractivity contribution in [1.29, 1.82) is 0 Å². The van der Waals surface area contributed by atoms with E-state index in [9.17, 15) is 15.0 Å². The van der Waals surface area contributed by atoms with E-state index in [-0.39, 0.29) is 17.3 Å². The number of phenols is 1. The quantitative estimate of drug-likeness (QED) is 0.603. The Balaban J connectivity index is 2.23. The number of hydrogen-bond donors (Lipinski definition) is 2. The molecule has 0 bridgehead atoms. The third kappa shape index (κ3) is 2.74. The highest BCUT2D eigenvalue weighted by Gasteiger charge is 2.21. The van der Waals surface area contributed by atoms with Crippen molar-refractivity contribution in [3.8, 4) is 11.5 Å². The van der Waals surface area contributed by atoms with Crippen molar-refractivity contribution in [3.63, 3.8) is 0 Å². The van der Waals surface area contributed by atoms with E-state index in [1.165, 1.54) is 12.3 Å². The number of phenolic OH excluding ortho intramolecular Hbond substituents is 1. The zero-order valence-electron chi connectivity index (χ0n) is 12.0. The number of ketones is 1. The van der Waals surface area contributed by atoms with Gasteiger partial charge in [0.25, 0.3) is 0 Å². The maximum absolute atomic E-state index is 13.0. The highest BCUT2D eigenvalue weighted by atomic mass is 79.9. The van der Waals surface area contributed by atoms with Gasteiger partial charge in [-0.15, -0.1) is 0 Å². The molecule has 0 amide bonds. The van der Waals surface area contributed by atoms with Gasteiger partial charge in [0, 0.05) is 5.56 Å². The molecule has 0 fully saturated rings. The number of aromatic nitrogens is 2. The summed E-state index contributed by atoms with van der Waals surface area (Å²) in [5.41, 5.74) is 2.06. The van der Waals surface area contributed by atoms with Crippen LogP contribution in [0.1, 0.15) is 28.7 Å². The van der Waals surface area contributed by atoms with Crippen molar-refractivity contribution in [2.75, 3.05) is 0 Å². The highest BCUT2D eigenvalue weighted by molar-refractivity contribution is 9.11. The molecular formula is C16H12Br2N2O3. The Kier molecular flexibility index (Phi) is 4.16. The summed E-state index contributed by atoms with van der Waals surface area (Å²) in [6.07, 6.45) is 2.06. The number of fused-ring (bicyclic) bond motifs is 1. The van der Waals surface area contributed by atoms with Gasteiger partial charge in [-0.2, -0.15) is 0 Å². The lowest BCUT2D eigenvalue weighted by atomic mass is 10.1. The summed E-state index contributed by atoms with van der Waals surface area (Å²) in [6.45, 7) is 1.92. The third-order valence-corrected chi connectivity index (χ3v) is 4.71. The molecule has 2 aromatic heterocycles. The van der Waals surface area contributed by atoms with Crippen LogP contribution in [0.4, 0.5) is 0 Å². The molecule has 7 heteroatoms. The predicted octanol–water partition coefficient (Wildman–Crippen LogP) is 4.06. The topological polar surface area (TPSA) is 74.8 Å². The van der Waals surface area contributed by atoms with Gasteiger partial charge in [0.15, 0.2) is 0 Å². The van der Waals surface area contributed by atoms with Crippen molar-refractivity contribution in [2.24, 2.45) is 0 Å². The lowest BCUT2D eigenvalue weighted by Gasteiger charge is -2.07. The van der Waals surface area contributed by atoms with Crippen LogP contribution in [0, 0.1) is 0 Å². The van der Waals surface area contributed by atoms with Crippen LogP contribution in [0.25, 0.3) is 5.65 Å².